The van der Waals surface area contributed by atoms with E-state index in [1.165, 1.54) is 32.1 Å². The van der Waals surface area contributed by atoms with Crippen molar-refractivity contribution < 1.29 is 4.79 Å². The Kier molecular flexibility index (Phi) is 5.20. The summed E-state index contributed by atoms with van der Waals surface area (Å²) in [5, 5.41) is 3.09. The molecule has 3 nitrogen and oxygen atoms in total. The second-order valence-corrected chi connectivity index (χ2v) is 6.64. The van der Waals surface area contributed by atoms with E-state index < -0.39 is 5.41 Å². The molecule has 0 aromatic carbocycles. The van der Waals surface area contributed by atoms with Crippen LogP contribution in [-0.4, -0.2) is 17.4 Å². The highest BCUT2D eigenvalue weighted by Gasteiger charge is 2.43. The normalized spacial score (nSPS) is 23.2. The fourth-order valence-electron chi connectivity index (χ4n) is 3.60. The molecule has 0 saturated heterocycles. The van der Waals surface area contributed by atoms with E-state index in [9.17, 15) is 4.79 Å². The molecular formula is C15H26N2OS. The minimum Gasteiger partial charge on any atom is -0.392 e. The molecular weight excluding hydrogens is 256 g/mol. The van der Waals surface area contributed by atoms with Crippen LogP contribution >= 0.6 is 12.2 Å². The largest absolute Gasteiger partial charge is 0.392 e. The highest BCUT2D eigenvalue weighted by atomic mass is 32.1. The summed E-state index contributed by atoms with van der Waals surface area (Å²) in [5.74, 6) is 0.881. The van der Waals surface area contributed by atoms with Crippen LogP contribution in [0.5, 0.6) is 0 Å². The van der Waals surface area contributed by atoms with Crippen molar-refractivity contribution in [3.8, 4) is 0 Å². The SMILES string of the molecule is NC(=S)C1(C(=O)NCCC2CCCCC2)CCCC1. The molecule has 2 aliphatic rings. The zero-order chi connectivity index (χ0) is 13.7. The molecule has 2 rings (SSSR count). The van der Waals surface area contributed by atoms with Crippen LogP contribution in [-0.2, 0) is 4.79 Å². The van der Waals surface area contributed by atoms with Gasteiger partial charge in [0.25, 0.3) is 0 Å². The number of nitrogens with two attached hydrogens (primary N) is 1. The Morgan fingerprint density at radius 1 is 1.16 bits per heavy atom. The van der Waals surface area contributed by atoms with E-state index in [1.807, 2.05) is 0 Å². The van der Waals surface area contributed by atoms with Crippen molar-refractivity contribution in [3.05, 3.63) is 0 Å². The molecule has 2 aliphatic carbocycles. The van der Waals surface area contributed by atoms with Crippen LogP contribution in [0.15, 0.2) is 0 Å². The highest BCUT2D eigenvalue weighted by Crippen LogP contribution is 2.38. The summed E-state index contributed by atoms with van der Waals surface area (Å²) in [6.07, 6.45) is 11.7. The lowest BCUT2D eigenvalue weighted by Crippen LogP contribution is -2.47. The fraction of sp³-hybridized carbons (Fsp3) is 0.867. The van der Waals surface area contributed by atoms with Crippen LogP contribution in [0, 0.1) is 11.3 Å². The standard InChI is InChI=1S/C15H26N2OS/c16-13(19)15(9-4-5-10-15)14(18)17-11-8-12-6-2-1-3-7-12/h12H,1-11H2,(H2,16,19)(H,17,18). The number of amides is 1. The smallest absolute Gasteiger partial charge is 0.233 e. The third kappa shape index (κ3) is 3.47. The molecule has 0 atom stereocenters. The van der Waals surface area contributed by atoms with E-state index in [-0.39, 0.29) is 5.91 Å². The number of nitrogens with one attached hydrogen (secondary N) is 1. The molecule has 2 fully saturated rings. The average molecular weight is 282 g/mol. The maximum absolute atomic E-state index is 12.4. The number of thiocarbonyl (C=S) groups is 1. The molecule has 108 valence electrons. The van der Waals surface area contributed by atoms with Gasteiger partial charge in [-0.1, -0.05) is 57.2 Å². The van der Waals surface area contributed by atoms with Gasteiger partial charge in [-0.2, -0.15) is 0 Å². The summed E-state index contributed by atoms with van der Waals surface area (Å²) >= 11 is 5.14. The van der Waals surface area contributed by atoms with Gasteiger partial charge in [-0.05, 0) is 25.2 Å². The Morgan fingerprint density at radius 3 is 2.37 bits per heavy atom. The lowest BCUT2D eigenvalue weighted by molar-refractivity contribution is -0.127. The Labute approximate surface area is 121 Å². The van der Waals surface area contributed by atoms with Crippen LogP contribution in [0.3, 0.4) is 0 Å². The van der Waals surface area contributed by atoms with Crippen molar-refractivity contribution in [1.29, 1.82) is 0 Å². The predicted molar refractivity (Wildman–Crippen MR) is 81.9 cm³/mol. The molecule has 0 unspecified atom stereocenters. The van der Waals surface area contributed by atoms with Gasteiger partial charge in [-0.15, -0.1) is 0 Å². The first kappa shape index (κ1) is 14.8. The fourth-order valence-corrected chi connectivity index (χ4v) is 3.90. The molecule has 0 aromatic heterocycles. The van der Waals surface area contributed by atoms with Gasteiger partial charge in [-0.25, -0.2) is 0 Å². The van der Waals surface area contributed by atoms with Crippen LogP contribution < -0.4 is 11.1 Å². The zero-order valence-electron chi connectivity index (χ0n) is 11.7. The minimum absolute atomic E-state index is 0.0771. The summed E-state index contributed by atoms with van der Waals surface area (Å²) < 4.78 is 0. The zero-order valence-corrected chi connectivity index (χ0v) is 12.6. The van der Waals surface area contributed by atoms with Crippen molar-refractivity contribution in [2.75, 3.05) is 6.54 Å². The molecule has 0 aliphatic heterocycles. The molecule has 2 saturated carbocycles. The molecule has 19 heavy (non-hydrogen) atoms. The quantitative estimate of drug-likeness (QED) is 0.762. The summed E-state index contributed by atoms with van der Waals surface area (Å²) in [6, 6.07) is 0. The van der Waals surface area contributed by atoms with Crippen molar-refractivity contribution in [3.63, 3.8) is 0 Å². The maximum atomic E-state index is 12.4. The predicted octanol–water partition coefficient (Wildman–Crippen LogP) is 2.92. The van der Waals surface area contributed by atoms with Crippen LogP contribution in [0.2, 0.25) is 0 Å². The maximum Gasteiger partial charge on any atom is 0.233 e. The van der Waals surface area contributed by atoms with Crippen molar-refractivity contribution in [2.24, 2.45) is 17.1 Å². The van der Waals surface area contributed by atoms with Crippen LogP contribution in [0.25, 0.3) is 0 Å². The van der Waals surface area contributed by atoms with E-state index in [1.54, 1.807) is 0 Å². The lowest BCUT2D eigenvalue weighted by atomic mass is 9.84. The summed E-state index contributed by atoms with van der Waals surface area (Å²) in [6.45, 7) is 0.786. The average Bonchev–Trinajstić information content (AvgIpc) is 2.90. The molecule has 0 spiro atoms. The van der Waals surface area contributed by atoms with Crippen molar-refractivity contribution in [2.45, 2.75) is 64.2 Å². The van der Waals surface area contributed by atoms with Crippen molar-refractivity contribution >= 4 is 23.1 Å². The van der Waals surface area contributed by atoms with Gasteiger partial charge < -0.3 is 11.1 Å². The molecule has 0 aromatic rings. The molecule has 4 heteroatoms. The van der Waals surface area contributed by atoms with Gasteiger partial charge in [0.05, 0.1) is 10.4 Å². The number of carbonyl (C=O) groups excluding carboxylic acids is 1. The van der Waals surface area contributed by atoms with E-state index >= 15 is 0 Å². The number of rotatable bonds is 5. The third-order valence-electron chi connectivity index (χ3n) is 4.93. The Balaban J connectivity index is 1.78. The van der Waals surface area contributed by atoms with Gasteiger partial charge in [-0.3, -0.25) is 4.79 Å². The van der Waals surface area contributed by atoms with E-state index in [4.69, 9.17) is 18.0 Å². The summed E-state index contributed by atoms with van der Waals surface area (Å²) in [7, 11) is 0. The monoisotopic (exact) mass is 282 g/mol. The first-order valence-corrected chi connectivity index (χ1v) is 8.14. The Hall–Kier alpha value is -0.640. The number of hydrogen-bond donors (Lipinski definition) is 2. The number of carbonyl (C=O) groups is 1. The third-order valence-corrected chi connectivity index (χ3v) is 5.32. The topological polar surface area (TPSA) is 55.1 Å². The van der Waals surface area contributed by atoms with Crippen LogP contribution in [0.4, 0.5) is 0 Å². The Morgan fingerprint density at radius 2 is 1.79 bits per heavy atom. The van der Waals surface area contributed by atoms with Crippen LogP contribution in [0.1, 0.15) is 64.2 Å². The lowest BCUT2D eigenvalue weighted by Gasteiger charge is -2.27. The van der Waals surface area contributed by atoms with Gasteiger partial charge in [0.15, 0.2) is 0 Å². The van der Waals surface area contributed by atoms with Gasteiger partial charge >= 0.3 is 0 Å². The number of hydrogen-bond acceptors (Lipinski definition) is 2. The molecule has 1 amide bonds. The molecule has 3 N–H and O–H groups in total. The highest BCUT2D eigenvalue weighted by molar-refractivity contribution is 7.80. The van der Waals surface area contributed by atoms with E-state index in [2.05, 4.69) is 5.32 Å². The molecule has 0 bridgehead atoms. The van der Waals surface area contributed by atoms with E-state index in [0.29, 0.717) is 4.99 Å². The summed E-state index contributed by atoms with van der Waals surface area (Å²) in [5.41, 5.74) is 5.28. The van der Waals surface area contributed by atoms with Gasteiger partial charge in [0, 0.05) is 6.54 Å². The van der Waals surface area contributed by atoms with Crippen molar-refractivity contribution in [1.82, 2.24) is 5.32 Å². The van der Waals surface area contributed by atoms with Gasteiger partial charge in [0.1, 0.15) is 0 Å². The molecule has 0 radical (unpaired) electrons. The second kappa shape index (κ2) is 6.69. The first-order valence-electron chi connectivity index (χ1n) is 7.73. The molecule has 0 heterocycles. The summed E-state index contributed by atoms with van der Waals surface area (Å²) in [4.78, 5) is 12.8. The second-order valence-electron chi connectivity index (χ2n) is 6.20. The first-order chi connectivity index (χ1) is 9.15. The van der Waals surface area contributed by atoms with Gasteiger partial charge in [0.2, 0.25) is 5.91 Å². The van der Waals surface area contributed by atoms with E-state index in [0.717, 1.165) is 44.6 Å². The minimum atomic E-state index is -0.540. The Bertz CT molecular complexity index is 331.